The normalized spacial score (nSPS) is 10.6. The Kier molecular flexibility index (Phi) is 3.65. The number of nitrogens with zero attached hydrogens (tertiary/aromatic N) is 3. The van der Waals surface area contributed by atoms with Crippen LogP contribution in [0.25, 0.3) is 5.69 Å². The monoisotopic (exact) mass is 296 g/mol. The van der Waals surface area contributed by atoms with Crippen LogP contribution in [0.5, 0.6) is 5.75 Å². The third-order valence-electron chi connectivity index (χ3n) is 3.44. The number of anilines is 1. The van der Waals surface area contributed by atoms with E-state index in [1.165, 1.54) is 4.68 Å². The van der Waals surface area contributed by atoms with Crippen LogP contribution in [0.2, 0.25) is 0 Å². The summed E-state index contributed by atoms with van der Waals surface area (Å²) in [6.45, 7) is 0.198. The van der Waals surface area contributed by atoms with Crippen molar-refractivity contribution in [3.05, 3.63) is 70.9 Å². The van der Waals surface area contributed by atoms with E-state index in [-0.39, 0.29) is 17.9 Å². The quantitative estimate of drug-likeness (QED) is 0.795. The average Bonchev–Trinajstić information content (AvgIpc) is 2.77. The largest absolute Gasteiger partial charge is 0.486 e. The summed E-state index contributed by atoms with van der Waals surface area (Å²) < 4.78 is 8.88. The third-order valence-corrected chi connectivity index (χ3v) is 3.44. The summed E-state index contributed by atoms with van der Waals surface area (Å²) in [5.41, 5.74) is 7.28. The van der Waals surface area contributed by atoms with Gasteiger partial charge in [-0.05, 0) is 24.3 Å². The molecule has 0 radical (unpaired) electrons. The van der Waals surface area contributed by atoms with Gasteiger partial charge >= 0.3 is 0 Å². The lowest BCUT2D eigenvalue weighted by Crippen LogP contribution is -2.20. The maximum atomic E-state index is 12.4. The van der Waals surface area contributed by atoms with Gasteiger partial charge in [0.25, 0.3) is 5.56 Å². The van der Waals surface area contributed by atoms with E-state index in [0.29, 0.717) is 11.4 Å². The van der Waals surface area contributed by atoms with Crippen molar-refractivity contribution in [1.29, 1.82) is 0 Å². The van der Waals surface area contributed by atoms with Gasteiger partial charge in [0.15, 0.2) is 0 Å². The number of nitrogen functional groups attached to an aromatic ring is 1. The Morgan fingerprint density at radius 3 is 2.64 bits per heavy atom. The van der Waals surface area contributed by atoms with E-state index >= 15 is 0 Å². The van der Waals surface area contributed by atoms with Crippen molar-refractivity contribution in [2.75, 3.05) is 5.73 Å². The SMILES string of the molecule is Cn1c(COc2cccnc2)c(N)c(=O)n1-c1ccccc1. The van der Waals surface area contributed by atoms with E-state index in [0.717, 1.165) is 5.69 Å². The van der Waals surface area contributed by atoms with Crippen LogP contribution in [0.1, 0.15) is 5.69 Å². The van der Waals surface area contributed by atoms with Crippen molar-refractivity contribution in [2.24, 2.45) is 7.05 Å². The molecule has 0 fully saturated rings. The summed E-state index contributed by atoms with van der Waals surface area (Å²) in [7, 11) is 1.78. The highest BCUT2D eigenvalue weighted by atomic mass is 16.5. The maximum absolute atomic E-state index is 12.4. The van der Waals surface area contributed by atoms with Crippen LogP contribution in [-0.2, 0) is 13.7 Å². The summed E-state index contributed by atoms with van der Waals surface area (Å²) in [5.74, 6) is 0.627. The van der Waals surface area contributed by atoms with Crippen molar-refractivity contribution in [2.45, 2.75) is 6.61 Å². The molecule has 0 spiro atoms. The molecule has 0 amide bonds. The number of ether oxygens (including phenoxy) is 1. The Hall–Kier alpha value is -3.02. The molecule has 6 nitrogen and oxygen atoms in total. The number of hydrogen-bond donors (Lipinski definition) is 1. The predicted octanol–water partition coefficient (Wildman–Crippen LogP) is 1.73. The molecule has 6 heteroatoms. The predicted molar refractivity (Wildman–Crippen MR) is 84.0 cm³/mol. The number of hydrogen-bond acceptors (Lipinski definition) is 4. The first-order valence-corrected chi connectivity index (χ1v) is 6.83. The minimum atomic E-state index is -0.251. The molecule has 0 aliphatic carbocycles. The van der Waals surface area contributed by atoms with Gasteiger partial charge in [0, 0.05) is 13.2 Å². The second-order valence-electron chi connectivity index (χ2n) is 4.81. The number of para-hydroxylation sites is 1. The number of aromatic nitrogens is 3. The maximum Gasteiger partial charge on any atom is 0.294 e. The fourth-order valence-electron chi connectivity index (χ4n) is 2.28. The summed E-state index contributed by atoms with van der Waals surface area (Å²) in [4.78, 5) is 16.4. The second kappa shape index (κ2) is 5.77. The van der Waals surface area contributed by atoms with E-state index in [1.807, 2.05) is 30.3 Å². The van der Waals surface area contributed by atoms with Gasteiger partial charge in [-0.1, -0.05) is 18.2 Å². The molecule has 1 aromatic carbocycles. The van der Waals surface area contributed by atoms with Crippen LogP contribution < -0.4 is 16.0 Å². The molecule has 0 saturated heterocycles. The summed E-state index contributed by atoms with van der Waals surface area (Å²) in [6, 6.07) is 12.9. The Labute approximate surface area is 127 Å². The molecular formula is C16H16N4O2. The Bertz CT molecular complexity index is 823. The highest BCUT2D eigenvalue weighted by Gasteiger charge is 2.16. The van der Waals surface area contributed by atoms with Crippen molar-refractivity contribution in [1.82, 2.24) is 14.3 Å². The van der Waals surface area contributed by atoms with Crippen LogP contribution in [0.3, 0.4) is 0 Å². The molecule has 0 aliphatic rings. The van der Waals surface area contributed by atoms with E-state index in [1.54, 1.807) is 36.3 Å². The van der Waals surface area contributed by atoms with Gasteiger partial charge < -0.3 is 10.5 Å². The molecular weight excluding hydrogens is 280 g/mol. The molecule has 2 aromatic heterocycles. The van der Waals surface area contributed by atoms with Crippen LogP contribution in [-0.4, -0.2) is 14.3 Å². The van der Waals surface area contributed by atoms with Crippen LogP contribution >= 0.6 is 0 Å². The summed E-state index contributed by atoms with van der Waals surface area (Å²) in [5, 5.41) is 0. The van der Waals surface area contributed by atoms with Gasteiger partial charge in [-0.25, -0.2) is 4.68 Å². The van der Waals surface area contributed by atoms with Crippen LogP contribution in [0.4, 0.5) is 5.69 Å². The molecule has 2 heterocycles. The molecule has 0 saturated carbocycles. The van der Waals surface area contributed by atoms with E-state index in [9.17, 15) is 4.79 Å². The Morgan fingerprint density at radius 1 is 1.18 bits per heavy atom. The summed E-state index contributed by atoms with van der Waals surface area (Å²) in [6.07, 6.45) is 3.28. The first-order valence-electron chi connectivity index (χ1n) is 6.83. The van der Waals surface area contributed by atoms with Crippen LogP contribution in [0.15, 0.2) is 59.7 Å². The molecule has 3 aromatic rings. The molecule has 3 rings (SSSR count). The zero-order valence-electron chi connectivity index (χ0n) is 12.1. The van der Waals surface area contributed by atoms with Gasteiger partial charge in [-0.15, -0.1) is 0 Å². The van der Waals surface area contributed by atoms with E-state index in [2.05, 4.69) is 4.98 Å². The van der Waals surface area contributed by atoms with E-state index < -0.39 is 0 Å². The zero-order chi connectivity index (χ0) is 15.5. The van der Waals surface area contributed by atoms with Gasteiger partial charge in [-0.2, -0.15) is 0 Å². The fraction of sp³-hybridized carbons (Fsp3) is 0.125. The summed E-state index contributed by atoms with van der Waals surface area (Å²) >= 11 is 0. The lowest BCUT2D eigenvalue weighted by Gasteiger charge is -2.10. The van der Waals surface area contributed by atoms with Gasteiger partial charge in [0.2, 0.25) is 0 Å². The third kappa shape index (κ3) is 2.46. The highest BCUT2D eigenvalue weighted by molar-refractivity contribution is 5.45. The van der Waals surface area contributed by atoms with Crippen molar-refractivity contribution in [3.63, 3.8) is 0 Å². The first-order chi connectivity index (χ1) is 10.7. The molecule has 112 valence electrons. The van der Waals surface area contributed by atoms with Gasteiger partial charge in [0.05, 0.1) is 11.9 Å². The molecule has 22 heavy (non-hydrogen) atoms. The second-order valence-corrected chi connectivity index (χ2v) is 4.81. The number of benzene rings is 1. The smallest absolute Gasteiger partial charge is 0.294 e. The molecule has 0 atom stereocenters. The van der Waals surface area contributed by atoms with Crippen molar-refractivity contribution < 1.29 is 4.74 Å². The molecule has 0 bridgehead atoms. The Balaban J connectivity index is 1.95. The number of nitrogens with two attached hydrogens (primary N) is 1. The van der Waals surface area contributed by atoms with Gasteiger partial charge in [-0.3, -0.25) is 14.5 Å². The lowest BCUT2D eigenvalue weighted by molar-refractivity contribution is 0.292. The standard InChI is InChI=1S/C16H16N4O2/c1-19-14(11-22-13-8-5-9-18-10-13)15(17)16(21)20(19)12-6-3-2-4-7-12/h2-10H,11,17H2,1H3. The topological polar surface area (TPSA) is 75.1 Å². The first kappa shape index (κ1) is 13.9. The van der Waals surface area contributed by atoms with Crippen molar-refractivity contribution in [3.8, 4) is 11.4 Å². The molecule has 2 N–H and O–H groups in total. The Morgan fingerprint density at radius 2 is 1.95 bits per heavy atom. The molecule has 0 aliphatic heterocycles. The van der Waals surface area contributed by atoms with Crippen LogP contribution in [0, 0.1) is 0 Å². The molecule has 0 unspecified atom stereocenters. The van der Waals surface area contributed by atoms with E-state index in [4.69, 9.17) is 10.5 Å². The average molecular weight is 296 g/mol. The lowest BCUT2D eigenvalue weighted by atomic mass is 10.3. The zero-order valence-corrected chi connectivity index (χ0v) is 12.1. The highest BCUT2D eigenvalue weighted by Crippen LogP contribution is 2.15. The minimum absolute atomic E-state index is 0.190. The number of rotatable bonds is 4. The van der Waals surface area contributed by atoms with Gasteiger partial charge in [0.1, 0.15) is 23.7 Å². The number of pyridine rings is 1. The minimum Gasteiger partial charge on any atom is -0.486 e. The van der Waals surface area contributed by atoms with Crippen molar-refractivity contribution >= 4 is 5.69 Å². The fourth-order valence-corrected chi connectivity index (χ4v) is 2.28.